The fourth-order valence-electron chi connectivity index (χ4n) is 2.28. The van der Waals surface area contributed by atoms with E-state index in [9.17, 15) is 0 Å². The van der Waals surface area contributed by atoms with Crippen molar-refractivity contribution in [1.82, 2.24) is 0 Å². The molecule has 0 aliphatic carbocycles. The van der Waals surface area contributed by atoms with Crippen LogP contribution in [-0.2, 0) is 6.42 Å². The molecule has 0 N–H and O–H groups in total. The molecule has 21 heavy (non-hydrogen) atoms. The first kappa shape index (κ1) is 15.3. The molecule has 1 aromatic heterocycles. The molecule has 0 aliphatic heterocycles. The zero-order valence-electron chi connectivity index (χ0n) is 12.2. The van der Waals surface area contributed by atoms with E-state index in [-0.39, 0.29) is 0 Å². The van der Waals surface area contributed by atoms with Gasteiger partial charge < -0.3 is 0 Å². The third-order valence-electron chi connectivity index (χ3n) is 3.48. The lowest BCUT2D eigenvalue weighted by Crippen LogP contribution is -1.84. The summed E-state index contributed by atoms with van der Waals surface area (Å²) in [5, 5.41) is 18.1. The Morgan fingerprint density at radius 2 is 1.76 bits per heavy atom. The number of rotatable bonds is 6. The van der Waals surface area contributed by atoms with Crippen molar-refractivity contribution in [2.24, 2.45) is 0 Å². The van der Waals surface area contributed by atoms with E-state index >= 15 is 0 Å². The molecular formula is C18H18N2S. The molecule has 0 aliphatic rings. The van der Waals surface area contributed by atoms with Gasteiger partial charge in [-0.1, -0.05) is 32.3 Å². The van der Waals surface area contributed by atoms with E-state index in [4.69, 9.17) is 10.5 Å². The van der Waals surface area contributed by atoms with Crippen LogP contribution in [-0.4, -0.2) is 0 Å². The van der Waals surface area contributed by atoms with Gasteiger partial charge in [0.05, 0.1) is 11.1 Å². The highest BCUT2D eigenvalue weighted by molar-refractivity contribution is 7.15. The van der Waals surface area contributed by atoms with Crippen LogP contribution in [0.2, 0.25) is 0 Å². The summed E-state index contributed by atoms with van der Waals surface area (Å²) >= 11 is 1.78. The van der Waals surface area contributed by atoms with Crippen LogP contribution in [0.5, 0.6) is 0 Å². The van der Waals surface area contributed by atoms with Gasteiger partial charge in [0, 0.05) is 9.75 Å². The van der Waals surface area contributed by atoms with Crippen LogP contribution in [0.25, 0.3) is 10.4 Å². The number of hydrogen-bond acceptors (Lipinski definition) is 3. The third-order valence-corrected chi connectivity index (χ3v) is 4.68. The van der Waals surface area contributed by atoms with Crippen molar-refractivity contribution >= 4 is 11.3 Å². The summed E-state index contributed by atoms with van der Waals surface area (Å²) in [5.74, 6) is 0. The van der Waals surface area contributed by atoms with Gasteiger partial charge in [0.1, 0.15) is 12.1 Å². The lowest BCUT2D eigenvalue weighted by molar-refractivity contribution is 0.670. The smallest absolute Gasteiger partial charge is 0.101 e. The van der Waals surface area contributed by atoms with E-state index in [1.807, 2.05) is 12.1 Å². The van der Waals surface area contributed by atoms with Gasteiger partial charge >= 0.3 is 0 Å². The molecule has 1 heterocycles. The maximum Gasteiger partial charge on any atom is 0.101 e. The first-order chi connectivity index (χ1) is 10.3. The van der Waals surface area contributed by atoms with Crippen molar-refractivity contribution in [2.45, 2.75) is 39.0 Å². The number of benzene rings is 1. The first-order valence-corrected chi connectivity index (χ1v) is 8.13. The molecule has 0 fully saturated rings. The fraction of sp³-hybridized carbons (Fsp3) is 0.333. The minimum Gasteiger partial charge on any atom is -0.192 e. The van der Waals surface area contributed by atoms with E-state index in [0.717, 1.165) is 12.0 Å². The predicted molar refractivity (Wildman–Crippen MR) is 87.0 cm³/mol. The maximum absolute atomic E-state index is 9.10. The second-order valence-corrected chi connectivity index (χ2v) is 6.23. The molecule has 2 rings (SSSR count). The summed E-state index contributed by atoms with van der Waals surface area (Å²) < 4.78 is 0. The van der Waals surface area contributed by atoms with Crippen LogP contribution < -0.4 is 0 Å². The molecule has 3 heteroatoms. The van der Waals surface area contributed by atoms with Crippen molar-refractivity contribution in [3.05, 3.63) is 46.3 Å². The van der Waals surface area contributed by atoms with Gasteiger partial charge in [0.2, 0.25) is 0 Å². The van der Waals surface area contributed by atoms with Crippen molar-refractivity contribution in [2.75, 3.05) is 0 Å². The molecule has 0 radical (unpaired) electrons. The Hall–Kier alpha value is -2.10. The predicted octanol–water partition coefficient (Wildman–Crippen LogP) is 5.28. The highest BCUT2D eigenvalue weighted by atomic mass is 32.1. The molecule has 0 saturated carbocycles. The fourth-order valence-corrected chi connectivity index (χ4v) is 3.33. The molecule has 2 aromatic rings. The highest BCUT2D eigenvalue weighted by Crippen LogP contribution is 2.30. The Morgan fingerprint density at radius 3 is 2.48 bits per heavy atom. The van der Waals surface area contributed by atoms with Crippen LogP contribution in [0.1, 0.15) is 48.6 Å². The van der Waals surface area contributed by atoms with Crippen molar-refractivity contribution in [3.63, 3.8) is 0 Å². The standard InChI is InChI=1S/C18H18N2S/c1-2-3-4-5-6-17-9-10-18(21-17)14-7-8-15(12-19)16(11-14)13-20/h7-11H,2-6H2,1H3. The molecular weight excluding hydrogens is 276 g/mol. The summed E-state index contributed by atoms with van der Waals surface area (Å²) in [6, 6.07) is 13.9. The van der Waals surface area contributed by atoms with E-state index in [1.165, 1.54) is 35.4 Å². The topological polar surface area (TPSA) is 47.6 Å². The summed E-state index contributed by atoms with van der Waals surface area (Å²) in [6.45, 7) is 2.22. The summed E-state index contributed by atoms with van der Waals surface area (Å²) in [6.07, 6.45) is 6.23. The molecule has 2 nitrogen and oxygen atoms in total. The zero-order valence-corrected chi connectivity index (χ0v) is 13.0. The van der Waals surface area contributed by atoms with Crippen LogP contribution >= 0.6 is 11.3 Å². The van der Waals surface area contributed by atoms with Gasteiger partial charge in [-0.15, -0.1) is 11.3 Å². The molecule has 1 aromatic carbocycles. The normalized spacial score (nSPS) is 10.0. The van der Waals surface area contributed by atoms with Gasteiger partial charge in [0.25, 0.3) is 0 Å². The van der Waals surface area contributed by atoms with Crippen LogP contribution in [0, 0.1) is 22.7 Å². The monoisotopic (exact) mass is 294 g/mol. The largest absolute Gasteiger partial charge is 0.192 e. The lowest BCUT2D eigenvalue weighted by Gasteiger charge is -2.00. The maximum atomic E-state index is 9.10. The Morgan fingerprint density at radius 1 is 0.952 bits per heavy atom. The number of nitrogens with zero attached hydrogens (tertiary/aromatic N) is 2. The Balaban J connectivity index is 2.11. The molecule has 0 spiro atoms. The van der Waals surface area contributed by atoms with E-state index in [1.54, 1.807) is 17.4 Å². The molecule has 0 atom stereocenters. The number of nitriles is 2. The molecule has 0 unspecified atom stereocenters. The van der Waals surface area contributed by atoms with E-state index in [0.29, 0.717) is 11.1 Å². The van der Waals surface area contributed by atoms with E-state index < -0.39 is 0 Å². The molecule has 0 bridgehead atoms. The Labute approximate surface area is 130 Å². The number of thiophene rings is 1. The zero-order chi connectivity index (χ0) is 15.1. The van der Waals surface area contributed by atoms with Gasteiger partial charge in [-0.3, -0.25) is 0 Å². The minimum absolute atomic E-state index is 0.442. The number of aryl methyl sites for hydroxylation is 1. The lowest BCUT2D eigenvalue weighted by atomic mass is 10.0. The quantitative estimate of drug-likeness (QED) is 0.680. The summed E-state index contributed by atoms with van der Waals surface area (Å²) in [4.78, 5) is 2.56. The number of hydrogen-bond donors (Lipinski definition) is 0. The van der Waals surface area contributed by atoms with Gasteiger partial charge in [0.15, 0.2) is 0 Å². The summed E-state index contributed by atoms with van der Waals surface area (Å²) in [7, 11) is 0. The van der Waals surface area contributed by atoms with Crippen LogP contribution in [0.3, 0.4) is 0 Å². The number of unbranched alkanes of at least 4 members (excludes halogenated alkanes) is 3. The van der Waals surface area contributed by atoms with Gasteiger partial charge in [-0.25, -0.2) is 0 Å². The summed E-state index contributed by atoms with van der Waals surface area (Å²) in [5.41, 5.74) is 1.92. The Bertz CT molecular complexity index is 686. The molecule has 0 amide bonds. The second-order valence-electron chi connectivity index (χ2n) is 5.06. The first-order valence-electron chi connectivity index (χ1n) is 7.31. The van der Waals surface area contributed by atoms with Crippen molar-refractivity contribution < 1.29 is 0 Å². The van der Waals surface area contributed by atoms with Crippen molar-refractivity contribution in [3.8, 4) is 22.6 Å². The third kappa shape index (κ3) is 3.94. The SMILES string of the molecule is CCCCCCc1ccc(-c2ccc(C#N)c(C#N)c2)s1. The average molecular weight is 294 g/mol. The molecule has 0 saturated heterocycles. The highest BCUT2D eigenvalue weighted by Gasteiger charge is 2.07. The average Bonchev–Trinajstić information content (AvgIpc) is 2.99. The van der Waals surface area contributed by atoms with Crippen LogP contribution in [0.15, 0.2) is 30.3 Å². The second kappa shape index (κ2) is 7.62. The van der Waals surface area contributed by atoms with Crippen LogP contribution in [0.4, 0.5) is 0 Å². The van der Waals surface area contributed by atoms with E-state index in [2.05, 4.69) is 31.2 Å². The van der Waals surface area contributed by atoms with Gasteiger partial charge in [-0.05, 0) is 42.7 Å². The Kier molecular flexibility index (Phi) is 5.55. The minimum atomic E-state index is 0.442. The van der Waals surface area contributed by atoms with Crippen molar-refractivity contribution in [1.29, 1.82) is 10.5 Å². The van der Waals surface area contributed by atoms with Gasteiger partial charge in [-0.2, -0.15) is 10.5 Å². The molecule has 106 valence electrons.